The first-order valence-electron chi connectivity index (χ1n) is 5.28. The van der Waals surface area contributed by atoms with E-state index in [0.717, 1.165) is 18.5 Å². The summed E-state index contributed by atoms with van der Waals surface area (Å²) in [6.07, 6.45) is 2.48. The van der Waals surface area contributed by atoms with Gasteiger partial charge < -0.3 is 4.90 Å². The van der Waals surface area contributed by atoms with Crippen LogP contribution in [0.4, 0.5) is 5.69 Å². The molecule has 0 aliphatic rings. The lowest BCUT2D eigenvalue weighted by Crippen LogP contribution is -2.25. The van der Waals surface area contributed by atoms with Crippen LogP contribution < -0.4 is 4.90 Å². The minimum Gasteiger partial charge on any atom is -0.315 e. The van der Waals surface area contributed by atoms with Gasteiger partial charge in [0.25, 0.3) is 0 Å². The molecule has 4 heteroatoms. The van der Waals surface area contributed by atoms with Gasteiger partial charge in [0.2, 0.25) is 5.91 Å². The first-order chi connectivity index (χ1) is 7.56. The quantitative estimate of drug-likeness (QED) is 0.796. The number of nitrogens with zero attached hydrogens (tertiary/aromatic N) is 1. The molecule has 0 N–H and O–H groups in total. The van der Waals surface area contributed by atoms with Gasteiger partial charge in [0.15, 0.2) is 0 Å². The molecule has 2 nitrogen and oxygen atoms in total. The molecule has 0 atom stereocenters. The maximum absolute atomic E-state index is 11.7. The Balaban J connectivity index is 2.75. The number of carbonyl (C=O) groups excluding carboxylic acids is 1. The largest absolute Gasteiger partial charge is 0.315 e. The number of hydrogen-bond donors (Lipinski definition) is 0. The molecule has 88 valence electrons. The standard InChI is InChI=1S/C12H15Cl2NO/c1-3-4-5-12(16)15(2)9-6-7-10(13)11(14)8-9/h6-8H,3-5H2,1-2H3. The van der Waals surface area contributed by atoms with Crippen LogP contribution in [0.3, 0.4) is 0 Å². The third-order valence-corrected chi connectivity index (χ3v) is 3.15. The van der Waals surface area contributed by atoms with Gasteiger partial charge >= 0.3 is 0 Å². The Morgan fingerprint density at radius 2 is 2.00 bits per heavy atom. The van der Waals surface area contributed by atoms with E-state index in [0.29, 0.717) is 16.5 Å². The van der Waals surface area contributed by atoms with Gasteiger partial charge in [0.1, 0.15) is 0 Å². The Labute approximate surface area is 106 Å². The van der Waals surface area contributed by atoms with Crippen molar-refractivity contribution in [1.82, 2.24) is 0 Å². The van der Waals surface area contributed by atoms with Crippen LogP contribution in [0.25, 0.3) is 0 Å². The number of unbranched alkanes of at least 4 members (excludes halogenated alkanes) is 1. The van der Waals surface area contributed by atoms with E-state index in [-0.39, 0.29) is 5.91 Å². The van der Waals surface area contributed by atoms with Gasteiger partial charge in [-0.15, -0.1) is 0 Å². The maximum atomic E-state index is 11.7. The molecule has 0 aromatic heterocycles. The first-order valence-corrected chi connectivity index (χ1v) is 6.03. The Morgan fingerprint density at radius 3 is 2.56 bits per heavy atom. The number of anilines is 1. The molecule has 0 bridgehead atoms. The summed E-state index contributed by atoms with van der Waals surface area (Å²) in [5.41, 5.74) is 0.774. The number of hydrogen-bond acceptors (Lipinski definition) is 1. The number of halogens is 2. The van der Waals surface area contributed by atoms with E-state index in [4.69, 9.17) is 23.2 Å². The number of benzene rings is 1. The molecule has 0 heterocycles. The number of amides is 1. The highest BCUT2D eigenvalue weighted by Gasteiger charge is 2.11. The van der Waals surface area contributed by atoms with Crippen LogP contribution in [-0.4, -0.2) is 13.0 Å². The van der Waals surface area contributed by atoms with Crippen molar-refractivity contribution in [1.29, 1.82) is 0 Å². The lowest BCUT2D eigenvalue weighted by molar-refractivity contribution is -0.118. The molecule has 0 saturated carbocycles. The van der Waals surface area contributed by atoms with E-state index in [2.05, 4.69) is 6.92 Å². The lowest BCUT2D eigenvalue weighted by atomic mass is 10.2. The SMILES string of the molecule is CCCCC(=O)N(C)c1ccc(Cl)c(Cl)c1. The topological polar surface area (TPSA) is 20.3 Å². The Kier molecular flexibility index (Phi) is 5.10. The molecule has 0 saturated heterocycles. The summed E-state index contributed by atoms with van der Waals surface area (Å²) in [5, 5.41) is 0.967. The normalized spacial score (nSPS) is 10.2. The zero-order valence-corrected chi connectivity index (χ0v) is 11.0. The summed E-state index contributed by atoms with van der Waals surface area (Å²) in [6, 6.07) is 5.19. The lowest BCUT2D eigenvalue weighted by Gasteiger charge is -2.17. The second-order valence-corrected chi connectivity index (χ2v) is 4.47. The molecule has 0 spiro atoms. The fourth-order valence-corrected chi connectivity index (χ4v) is 1.63. The summed E-state index contributed by atoms with van der Waals surface area (Å²) in [5.74, 6) is 0.0974. The monoisotopic (exact) mass is 259 g/mol. The van der Waals surface area contributed by atoms with Gasteiger partial charge in [-0.2, -0.15) is 0 Å². The van der Waals surface area contributed by atoms with Gasteiger partial charge in [-0.25, -0.2) is 0 Å². The average molecular weight is 260 g/mol. The second kappa shape index (κ2) is 6.12. The van der Waals surface area contributed by atoms with Crippen LogP contribution in [0, 0.1) is 0 Å². The minimum absolute atomic E-state index is 0.0974. The second-order valence-electron chi connectivity index (χ2n) is 3.65. The molecule has 0 fully saturated rings. The Hall–Kier alpha value is -0.730. The fraction of sp³-hybridized carbons (Fsp3) is 0.417. The molecule has 0 aliphatic heterocycles. The van der Waals surface area contributed by atoms with Crippen LogP contribution in [0.5, 0.6) is 0 Å². The summed E-state index contributed by atoms with van der Waals surface area (Å²) >= 11 is 11.7. The van der Waals surface area contributed by atoms with E-state index < -0.39 is 0 Å². The average Bonchev–Trinajstić information content (AvgIpc) is 2.28. The van der Waals surface area contributed by atoms with Gasteiger partial charge in [-0.3, -0.25) is 4.79 Å². The summed E-state index contributed by atoms with van der Waals surface area (Å²) < 4.78 is 0. The summed E-state index contributed by atoms with van der Waals surface area (Å²) in [6.45, 7) is 2.06. The summed E-state index contributed by atoms with van der Waals surface area (Å²) in [4.78, 5) is 13.4. The van der Waals surface area contributed by atoms with Crippen LogP contribution in [0.15, 0.2) is 18.2 Å². The molecule has 0 radical (unpaired) electrons. The number of carbonyl (C=O) groups is 1. The van der Waals surface area contributed by atoms with Crippen molar-refractivity contribution in [2.45, 2.75) is 26.2 Å². The van der Waals surface area contributed by atoms with Crippen molar-refractivity contribution >= 4 is 34.8 Å². The zero-order valence-electron chi connectivity index (χ0n) is 9.46. The molecule has 16 heavy (non-hydrogen) atoms. The zero-order chi connectivity index (χ0) is 12.1. The highest BCUT2D eigenvalue weighted by Crippen LogP contribution is 2.27. The Morgan fingerprint density at radius 1 is 1.31 bits per heavy atom. The van der Waals surface area contributed by atoms with Crippen LogP contribution in [0.1, 0.15) is 26.2 Å². The highest BCUT2D eigenvalue weighted by atomic mass is 35.5. The van der Waals surface area contributed by atoms with E-state index in [1.54, 1.807) is 30.1 Å². The molecule has 0 unspecified atom stereocenters. The van der Waals surface area contributed by atoms with E-state index in [1.807, 2.05) is 0 Å². The van der Waals surface area contributed by atoms with E-state index in [9.17, 15) is 4.79 Å². The van der Waals surface area contributed by atoms with Crippen molar-refractivity contribution in [2.24, 2.45) is 0 Å². The highest BCUT2D eigenvalue weighted by molar-refractivity contribution is 6.42. The first kappa shape index (κ1) is 13.3. The van der Waals surface area contributed by atoms with E-state index in [1.165, 1.54) is 0 Å². The molecular formula is C12H15Cl2NO. The van der Waals surface area contributed by atoms with Crippen molar-refractivity contribution in [3.05, 3.63) is 28.2 Å². The third kappa shape index (κ3) is 3.39. The number of rotatable bonds is 4. The molecule has 0 aliphatic carbocycles. The molecular weight excluding hydrogens is 245 g/mol. The molecule has 1 rings (SSSR count). The third-order valence-electron chi connectivity index (χ3n) is 2.41. The Bertz CT molecular complexity index is 379. The predicted molar refractivity (Wildman–Crippen MR) is 69.4 cm³/mol. The van der Waals surface area contributed by atoms with Crippen molar-refractivity contribution in [2.75, 3.05) is 11.9 Å². The fourth-order valence-electron chi connectivity index (χ4n) is 1.33. The van der Waals surface area contributed by atoms with Crippen molar-refractivity contribution in [3.63, 3.8) is 0 Å². The van der Waals surface area contributed by atoms with Gasteiger partial charge in [0, 0.05) is 19.2 Å². The summed E-state index contributed by atoms with van der Waals surface area (Å²) in [7, 11) is 1.75. The van der Waals surface area contributed by atoms with Gasteiger partial charge in [-0.1, -0.05) is 36.5 Å². The van der Waals surface area contributed by atoms with Gasteiger partial charge in [-0.05, 0) is 24.6 Å². The molecule has 1 aromatic rings. The maximum Gasteiger partial charge on any atom is 0.226 e. The van der Waals surface area contributed by atoms with Gasteiger partial charge in [0.05, 0.1) is 10.0 Å². The predicted octanol–water partition coefficient (Wildman–Crippen LogP) is 4.15. The molecule has 1 amide bonds. The smallest absolute Gasteiger partial charge is 0.226 e. The van der Waals surface area contributed by atoms with Crippen LogP contribution in [0.2, 0.25) is 10.0 Å². The minimum atomic E-state index is 0.0974. The van der Waals surface area contributed by atoms with Crippen molar-refractivity contribution < 1.29 is 4.79 Å². The van der Waals surface area contributed by atoms with Crippen molar-refractivity contribution in [3.8, 4) is 0 Å². The van der Waals surface area contributed by atoms with E-state index >= 15 is 0 Å². The van der Waals surface area contributed by atoms with Crippen LogP contribution >= 0.6 is 23.2 Å². The molecule has 1 aromatic carbocycles. The van der Waals surface area contributed by atoms with Crippen LogP contribution in [-0.2, 0) is 4.79 Å².